The van der Waals surface area contributed by atoms with Crippen LogP contribution in [0.15, 0.2) is 36.4 Å². The number of aromatic nitrogens is 1. The van der Waals surface area contributed by atoms with Crippen LogP contribution in [0.5, 0.6) is 0 Å². The Morgan fingerprint density at radius 2 is 2.10 bits per heavy atom. The minimum Gasteiger partial charge on any atom is -0.312 e. The van der Waals surface area contributed by atoms with E-state index in [2.05, 4.69) is 60.5 Å². The van der Waals surface area contributed by atoms with E-state index < -0.39 is 0 Å². The lowest BCUT2D eigenvalue weighted by Gasteiger charge is -2.26. The number of rotatable bonds is 3. The molecule has 21 heavy (non-hydrogen) atoms. The molecule has 0 aliphatic carbocycles. The molecule has 2 aromatic rings. The molecule has 1 atom stereocenters. The van der Waals surface area contributed by atoms with Crippen LogP contribution < -0.4 is 5.32 Å². The fourth-order valence-electron chi connectivity index (χ4n) is 3.04. The number of hydrogen-bond donors (Lipinski definition) is 1. The first-order valence-electron chi connectivity index (χ1n) is 8.03. The Morgan fingerprint density at radius 1 is 1.24 bits per heavy atom. The van der Waals surface area contributed by atoms with Gasteiger partial charge in [-0.1, -0.05) is 38.1 Å². The highest BCUT2D eigenvalue weighted by atomic mass is 15.2. The van der Waals surface area contributed by atoms with Crippen LogP contribution in [-0.2, 0) is 6.54 Å². The quantitative estimate of drug-likeness (QED) is 0.938. The molecule has 3 nitrogen and oxygen atoms in total. The summed E-state index contributed by atoms with van der Waals surface area (Å²) in [5.74, 6) is 0.676. The van der Waals surface area contributed by atoms with Gasteiger partial charge in [0.15, 0.2) is 0 Å². The summed E-state index contributed by atoms with van der Waals surface area (Å²) in [6.45, 7) is 8.96. The van der Waals surface area contributed by atoms with E-state index in [1.54, 1.807) is 0 Å². The fraction of sp³-hybridized carbons (Fsp3) is 0.500. The Labute approximate surface area is 127 Å². The Hall–Kier alpha value is -1.45. The van der Waals surface area contributed by atoms with Gasteiger partial charge in [0, 0.05) is 24.5 Å². The number of hydrogen-bond acceptors (Lipinski definition) is 3. The first-order valence-corrected chi connectivity index (χ1v) is 8.03. The highest BCUT2D eigenvalue weighted by Gasteiger charge is 2.20. The zero-order chi connectivity index (χ0) is 14.7. The van der Waals surface area contributed by atoms with Crippen molar-refractivity contribution in [1.82, 2.24) is 15.2 Å². The molecule has 1 N–H and O–H groups in total. The maximum Gasteiger partial charge on any atom is 0.0705 e. The van der Waals surface area contributed by atoms with Crippen molar-refractivity contribution in [2.75, 3.05) is 19.6 Å². The third-order valence-electron chi connectivity index (χ3n) is 4.36. The maximum absolute atomic E-state index is 4.81. The van der Waals surface area contributed by atoms with Crippen molar-refractivity contribution >= 4 is 10.9 Å². The second-order valence-corrected chi connectivity index (χ2v) is 6.39. The highest BCUT2D eigenvalue weighted by molar-refractivity contribution is 5.78. The van der Waals surface area contributed by atoms with Crippen LogP contribution in [-0.4, -0.2) is 35.6 Å². The van der Waals surface area contributed by atoms with Crippen LogP contribution in [0.4, 0.5) is 0 Å². The SMILES string of the molecule is CC(C)C1CN(Cc2ccc3ccccc3n2)CCCN1. The van der Waals surface area contributed by atoms with Gasteiger partial charge in [-0.15, -0.1) is 0 Å². The van der Waals surface area contributed by atoms with Crippen molar-refractivity contribution in [1.29, 1.82) is 0 Å². The van der Waals surface area contributed by atoms with Crippen LogP contribution in [0.3, 0.4) is 0 Å². The third kappa shape index (κ3) is 3.60. The average molecular weight is 283 g/mol. The molecule has 0 amide bonds. The molecule has 112 valence electrons. The molecule has 2 heterocycles. The second kappa shape index (κ2) is 6.54. The summed E-state index contributed by atoms with van der Waals surface area (Å²) in [6, 6.07) is 13.3. The van der Waals surface area contributed by atoms with E-state index in [4.69, 9.17) is 4.98 Å². The molecule has 1 unspecified atom stereocenters. The summed E-state index contributed by atoms with van der Waals surface area (Å²) in [6.07, 6.45) is 1.22. The standard InChI is InChI=1S/C18H25N3/c1-14(2)18-13-21(11-5-10-19-18)12-16-9-8-15-6-3-4-7-17(15)20-16/h3-4,6-9,14,18-19H,5,10-13H2,1-2H3. The second-order valence-electron chi connectivity index (χ2n) is 6.39. The molecule has 0 bridgehead atoms. The van der Waals surface area contributed by atoms with Gasteiger partial charge in [0.2, 0.25) is 0 Å². The Balaban J connectivity index is 1.74. The number of fused-ring (bicyclic) bond motifs is 1. The summed E-state index contributed by atoms with van der Waals surface area (Å²) in [4.78, 5) is 7.35. The van der Waals surface area contributed by atoms with Gasteiger partial charge in [-0.05, 0) is 37.6 Å². The predicted octanol–water partition coefficient (Wildman–Crippen LogP) is 3.05. The highest BCUT2D eigenvalue weighted by Crippen LogP contribution is 2.15. The first kappa shape index (κ1) is 14.5. The molecule has 1 aliphatic rings. The zero-order valence-corrected chi connectivity index (χ0v) is 13.0. The predicted molar refractivity (Wildman–Crippen MR) is 88.3 cm³/mol. The largest absolute Gasteiger partial charge is 0.312 e. The fourth-order valence-corrected chi connectivity index (χ4v) is 3.04. The Bertz CT molecular complexity index is 594. The molecular formula is C18H25N3. The first-order chi connectivity index (χ1) is 10.2. The van der Waals surface area contributed by atoms with Gasteiger partial charge < -0.3 is 5.32 Å². The van der Waals surface area contributed by atoms with E-state index in [1.165, 1.54) is 17.5 Å². The van der Waals surface area contributed by atoms with Crippen molar-refractivity contribution in [3.8, 4) is 0 Å². The molecule has 1 aromatic heterocycles. The van der Waals surface area contributed by atoms with Gasteiger partial charge in [-0.2, -0.15) is 0 Å². The van der Waals surface area contributed by atoms with Crippen molar-refractivity contribution < 1.29 is 0 Å². The van der Waals surface area contributed by atoms with Gasteiger partial charge in [-0.25, -0.2) is 0 Å². The van der Waals surface area contributed by atoms with E-state index in [0.717, 1.165) is 31.7 Å². The number of pyridine rings is 1. The third-order valence-corrected chi connectivity index (χ3v) is 4.36. The lowest BCUT2D eigenvalue weighted by Crippen LogP contribution is -2.41. The Kier molecular flexibility index (Phi) is 4.51. The maximum atomic E-state index is 4.81. The number of benzene rings is 1. The molecule has 1 aromatic carbocycles. The van der Waals surface area contributed by atoms with Gasteiger partial charge in [-0.3, -0.25) is 9.88 Å². The minimum absolute atomic E-state index is 0.591. The molecular weight excluding hydrogens is 258 g/mol. The van der Waals surface area contributed by atoms with E-state index >= 15 is 0 Å². The van der Waals surface area contributed by atoms with Gasteiger partial charge in [0.05, 0.1) is 11.2 Å². The summed E-state index contributed by atoms with van der Waals surface area (Å²) in [7, 11) is 0. The lowest BCUT2D eigenvalue weighted by molar-refractivity contribution is 0.236. The smallest absolute Gasteiger partial charge is 0.0705 e. The molecule has 0 radical (unpaired) electrons. The Morgan fingerprint density at radius 3 is 2.95 bits per heavy atom. The number of nitrogens with one attached hydrogen (secondary N) is 1. The zero-order valence-electron chi connectivity index (χ0n) is 13.0. The van der Waals surface area contributed by atoms with Crippen molar-refractivity contribution in [3.63, 3.8) is 0 Å². The lowest BCUT2D eigenvalue weighted by atomic mass is 10.0. The van der Waals surface area contributed by atoms with Crippen molar-refractivity contribution in [2.45, 2.75) is 32.9 Å². The van der Waals surface area contributed by atoms with Crippen LogP contribution in [0.1, 0.15) is 26.0 Å². The van der Waals surface area contributed by atoms with Crippen molar-refractivity contribution in [2.24, 2.45) is 5.92 Å². The normalized spacial score (nSPS) is 20.8. The molecule has 1 fully saturated rings. The summed E-state index contributed by atoms with van der Waals surface area (Å²) >= 11 is 0. The molecule has 1 saturated heterocycles. The van der Waals surface area contributed by atoms with E-state index in [1.807, 2.05) is 0 Å². The van der Waals surface area contributed by atoms with Crippen LogP contribution >= 0.6 is 0 Å². The average Bonchev–Trinajstić information content (AvgIpc) is 2.73. The topological polar surface area (TPSA) is 28.2 Å². The van der Waals surface area contributed by atoms with Gasteiger partial charge >= 0.3 is 0 Å². The number of para-hydroxylation sites is 1. The summed E-state index contributed by atoms with van der Waals surface area (Å²) in [5, 5.41) is 4.89. The van der Waals surface area contributed by atoms with Crippen LogP contribution in [0.25, 0.3) is 10.9 Å². The molecule has 1 aliphatic heterocycles. The molecule has 3 heteroatoms. The van der Waals surface area contributed by atoms with Crippen LogP contribution in [0.2, 0.25) is 0 Å². The van der Waals surface area contributed by atoms with Gasteiger partial charge in [0.25, 0.3) is 0 Å². The minimum atomic E-state index is 0.591. The van der Waals surface area contributed by atoms with E-state index in [-0.39, 0.29) is 0 Å². The van der Waals surface area contributed by atoms with E-state index in [0.29, 0.717) is 12.0 Å². The molecule has 0 spiro atoms. The van der Waals surface area contributed by atoms with Gasteiger partial charge in [0.1, 0.15) is 0 Å². The molecule has 0 saturated carbocycles. The number of nitrogens with zero attached hydrogens (tertiary/aromatic N) is 2. The molecule has 3 rings (SSSR count). The van der Waals surface area contributed by atoms with E-state index in [9.17, 15) is 0 Å². The summed E-state index contributed by atoms with van der Waals surface area (Å²) < 4.78 is 0. The van der Waals surface area contributed by atoms with Crippen LogP contribution in [0, 0.1) is 5.92 Å². The van der Waals surface area contributed by atoms with Crippen molar-refractivity contribution in [3.05, 3.63) is 42.1 Å². The monoisotopic (exact) mass is 283 g/mol. The summed E-state index contributed by atoms with van der Waals surface area (Å²) in [5.41, 5.74) is 2.28.